The molecule has 0 radical (unpaired) electrons. The van der Waals surface area contributed by atoms with Crippen molar-refractivity contribution in [3.63, 3.8) is 0 Å². The second kappa shape index (κ2) is 62.3. The van der Waals surface area contributed by atoms with Gasteiger partial charge in [-0.15, -0.1) is 10.2 Å². The molecule has 1 aliphatic heterocycles. The van der Waals surface area contributed by atoms with Crippen molar-refractivity contribution in [2.75, 3.05) is 71.5 Å². The Hall–Kier alpha value is -12.0. The van der Waals surface area contributed by atoms with Gasteiger partial charge in [0.2, 0.25) is 80.9 Å². The first-order valence-electron chi connectivity index (χ1n) is 45.0. The number of fused-ring (bicyclic) bond motifs is 1. The average Bonchev–Trinajstić information content (AvgIpc) is 1.67. The van der Waals surface area contributed by atoms with Gasteiger partial charge >= 0.3 is 6.03 Å². The summed E-state index contributed by atoms with van der Waals surface area (Å²) < 4.78 is 38.3. The number of unbranched alkanes of at least 4 members (excludes halogenated alkanes) is 13. The molecule has 1 fully saturated rings. The number of carbonyl (C=O) groups excluding carboxylic acids is 14. The van der Waals surface area contributed by atoms with Gasteiger partial charge in [0.1, 0.15) is 48.9 Å². The number of hydrogen-bond acceptors (Lipinski definition) is 24. The summed E-state index contributed by atoms with van der Waals surface area (Å²) in [5, 5.41) is 54.2. The zero-order chi connectivity index (χ0) is 94.9. The van der Waals surface area contributed by atoms with Crippen LogP contribution in [0.1, 0.15) is 216 Å². The molecule has 9 atom stereocenters. The number of aliphatic imine (C=N–C) groups is 2. The lowest BCUT2D eigenvalue weighted by Crippen LogP contribution is -2.60. The van der Waals surface area contributed by atoms with Crippen LogP contribution >= 0.6 is 0 Å². The highest BCUT2D eigenvalue weighted by Crippen LogP contribution is 2.22. The average molecular weight is 1850 g/mol. The second-order valence-corrected chi connectivity index (χ2v) is 33.9. The summed E-state index contributed by atoms with van der Waals surface area (Å²) in [5.74, 6) is -13.3. The number of carbonyl (C=O) groups is 14. The zero-order valence-corrected chi connectivity index (χ0v) is 75.3. The number of ketones is 1. The van der Waals surface area contributed by atoms with E-state index in [1.54, 1.807) is 61.7 Å². The lowest BCUT2D eigenvalue weighted by atomic mass is 9.89. The molecule has 4 aromatic rings. The van der Waals surface area contributed by atoms with E-state index in [-0.39, 0.29) is 167 Å². The van der Waals surface area contributed by atoms with E-state index < -0.39 is 179 Å². The molecule has 27 N–H and O–H groups in total. The number of rotatable bonds is 57. The molecule has 44 nitrogen and oxygen atoms in total. The Morgan fingerprint density at radius 1 is 0.577 bits per heavy atom. The van der Waals surface area contributed by atoms with Crippen LogP contribution in [0.2, 0.25) is 0 Å². The number of benzene rings is 2. The van der Waals surface area contributed by atoms with Gasteiger partial charge in [0.15, 0.2) is 23.5 Å². The minimum Gasteiger partial charge on any atom is -0.394 e. The van der Waals surface area contributed by atoms with Crippen molar-refractivity contribution >= 4 is 116 Å². The molecular weight excluding hydrogens is 1710 g/mol. The van der Waals surface area contributed by atoms with Gasteiger partial charge in [-0.3, -0.25) is 77.0 Å². The third-order valence-electron chi connectivity index (χ3n) is 21.4. The molecular formula is C85H137N25O19S. The Kier molecular flexibility index (Phi) is 52.0. The first kappa shape index (κ1) is 109. The lowest BCUT2D eigenvalue weighted by molar-refractivity contribution is -0.140. The number of urea groups is 1. The van der Waals surface area contributed by atoms with E-state index in [1.807, 2.05) is 6.07 Å². The first-order valence-corrected chi connectivity index (χ1v) is 46.6. The second-order valence-electron chi connectivity index (χ2n) is 32.1. The van der Waals surface area contributed by atoms with Crippen LogP contribution < -0.4 is 97.6 Å². The first-order chi connectivity index (χ1) is 62.4. The molecule has 722 valence electrons. The fourth-order valence-corrected chi connectivity index (χ4v) is 15.5. The number of aromatic amines is 2. The monoisotopic (exact) mass is 1840 g/mol. The number of aryl methyl sites for hydroxylation is 1. The number of Topliss-reactive ketones (excluding diaryl/α,β-unsaturated/α-hetero) is 1. The number of aromatic nitrogens is 5. The van der Waals surface area contributed by atoms with Gasteiger partial charge in [0.05, 0.1) is 44.1 Å². The molecule has 0 saturated carbocycles. The van der Waals surface area contributed by atoms with E-state index in [1.165, 1.54) is 32.1 Å². The highest BCUT2D eigenvalue weighted by atomic mass is 32.2. The quantitative estimate of drug-likeness (QED) is 0.0108. The van der Waals surface area contributed by atoms with Crippen LogP contribution in [0, 0.1) is 5.92 Å². The summed E-state index contributed by atoms with van der Waals surface area (Å²) in [6.45, 7) is -0.253. The van der Waals surface area contributed by atoms with E-state index in [4.69, 9.17) is 43.9 Å². The Morgan fingerprint density at radius 2 is 1.18 bits per heavy atom. The van der Waals surface area contributed by atoms with Crippen molar-refractivity contribution in [2.45, 2.75) is 267 Å². The lowest BCUT2D eigenvalue weighted by Gasteiger charge is -2.28. The van der Waals surface area contributed by atoms with Crippen molar-refractivity contribution in [1.29, 1.82) is 0 Å². The van der Waals surface area contributed by atoms with Crippen molar-refractivity contribution in [2.24, 2.45) is 50.3 Å². The molecule has 130 heavy (non-hydrogen) atoms. The summed E-state index contributed by atoms with van der Waals surface area (Å²) in [5.41, 5.74) is 35.4. The summed E-state index contributed by atoms with van der Waals surface area (Å²) in [7, 11) is -3.96. The van der Waals surface area contributed by atoms with Crippen LogP contribution in [0.5, 0.6) is 0 Å². The van der Waals surface area contributed by atoms with Crippen molar-refractivity contribution < 1.29 is 90.1 Å². The van der Waals surface area contributed by atoms with E-state index in [0.717, 1.165) is 57.2 Å². The highest BCUT2D eigenvalue weighted by Gasteiger charge is 2.39. The number of tetrazole rings is 1. The van der Waals surface area contributed by atoms with E-state index >= 15 is 14.4 Å². The SMILES string of the molecule is CCCC[C@H](NC(=O)[C@H](CO)NC(=O)[C@H](CCCN=C(N)N)NC(=O)COCCOCCNC(=O)CCCS(=O)(=O)NC(=O)CCCCCCCCCCCCCCCc1nn[nH]n1)C(=O)N[C@H]1CCC(=O)NCCCC[C@@H](C(N)=O)NC(=O)[C@H](Cc2c[nH]c3ccccc23)NC(=O)[C@H](CCCN=C(N)N)NC(=O)[C@@H](Cc2ccccc2)NC(=O)[C@H](CCCNC(N)=O)C1=O. The van der Waals surface area contributed by atoms with Crippen LogP contribution in [0.25, 0.3) is 10.9 Å². The minimum absolute atomic E-state index is 0.00559. The summed E-state index contributed by atoms with van der Waals surface area (Å²) >= 11 is 0. The number of primary amides is 2. The highest BCUT2D eigenvalue weighted by molar-refractivity contribution is 7.90. The number of ether oxygens (including phenoxy) is 2. The smallest absolute Gasteiger partial charge is 0.312 e. The Balaban J connectivity index is 1.22. The molecule has 2 aromatic carbocycles. The number of nitrogens with zero attached hydrogens (tertiary/aromatic N) is 5. The van der Waals surface area contributed by atoms with Crippen molar-refractivity contribution in [3.05, 3.63) is 77.7 Å². The number of aliphatic hydroxyl groups excluding tert-OH is 1. The molecule has 0 aliphatic carbocycles. The molecule has 3 heterocycles. The van der Waals surface area contributed by atoms with Crippen LogP contribution in [0.4, 0.5) is 4.79 Å². The number of sulfonamides is 1. The summed E-state index contributed by atoms with van der Waals surface area (Å²) in [4.78, 5) is 207. The predicted molar refractivity (Wildman–Crippen MR) is 483 cm³/mol. The topological polar surface area (TPSA) is 707 Å². The van der Waals surface area contributed by atoms with Crippen molar-refractivity contribution in [3.8, 4) is 0 Å². The number of H-pyrrole nitrogens is 2. The zero-order valence-electron chi connectivity index (χ0n) is 74.5. The van der Waals surface area contributed by atoms with Gasteiger partial charge in [-0.2, -0.15) is 5.21 Å². The molecule has 14 amide bonds. The van der Waals surface area contributed by atoms with Gasteiger partial charge < -0.3 is 112 Å². The standard InChI is InChI=1S/C85H137N25O19S/c1-2-3-32-64(102-82(124)68(54-111)105-77(119)63(35-25-43-94-83(87)88)98-73(115)55-129-49-48-128-47-46-93-70(112)39-27-50-130(126,127)108-72(114)38-19-14-12-10-8-6-4-5-7-9-11-13-18-37-69-106-109-110-107-69)78(120)99-61-40-41-71(113)92-42-23-22-34-62(75(86)117)100-81(123)67(52-57-53-97-60-33-21-20-30-58(57)60)104-79(121)65(36-26-44-95-84(89)90)101-80(122)66(51-56-28-16-15-17-29-56)103-76(118)59(74(61)116)31-24-45-96-85(91)125/h15-17,20-21,28-30,33,53,59,61-68,97,111H,2-14,18-19,22-27,31-32,34-52,54-55H2,1H3,(H2,86,117)(H,92,113)(H,93,112)(H,98,115)(H,99,120)(H,100,123)(H,101,122)(H,102,124)(H,103,118)(H,104,121)(H,105,119)(H,108,114)(H4,87,88,94)(H4,89,90,95)(H3,91,96,125)(H,106,107,109,110)/t59-,61+,62+,63+,64+,65+,66-,67+,68+/m1/s1. The van der Waals surface area contributed by atoms with E-state index in [9.17, 15) is 66.3 Å². The molecule has 2 aromatic heterocycles. The molecule has 5 rings (SSSR count). The Labute approximate surface area is 757 Å². The normalized spacial score (nSPS) is 17.6. The fraction of sp³-hybridized carbons (Fsp3) is 0.635. The van der Waals surface area contributed by atoms with E-state index in [2.05, 4.69) is 98.8 Å². The van der Waals surface area contributed by atoms with Gasteiger partial charge in [-0.25, -0.2) is 13.2 Å². The van der Waals surface area contributed by atoms with Crippen molar-refractivity contribution in [1.82, 2.24) is 88.8 Å². The molecule has 0 unspecified atom stereocenters. The molecule has 1 aliphatic rings. The fourth-order valence-electron chi connectivity index (χ4n) is 14.4. The van der Waals surface area contributed by atoms with Crippen LogP contribution in [0.15, 0.2) is 70.8 Å². The molecule has 0 bridgehead atoms. The van der Waals surface area contributed by atoms with Crippen LogP contribution in [-0.4, -0.2) is 254 Å². The number of hydrogen-bond donors (Lipinski definition) is 21. The number of nitrogens with two attached hydrogens (primary N) is 6. The number of amides is 14. The van der Waals surface area contributed by atoms with Gasteiger partial charge in [0.25, 0.3) is 0 Å². The summed E-state index contributed by atoms with van der Waals surface area (Å²) in [6.07, 6.45) is 15.3. The van der Waals surface area contributed by atoms with Crippen LogP contribution in [-0.2, 0) is 101 Å². The maximum atomic E-state index is 15.5. The van der Waals surface area contributed by atoms with Gasteiger partial charge in [0, 0.05) is 88.3 Å². The van der Waals surface area contributed by atoms with Crippen LogP contribution in [0.3, 0.4) is 0 Å². The maximum Gasteiger partial charge on any atom is 0.312 e. The Bertz CT molecular complexity index is 4360. The number of para-hydroxylation sites is 1. The van der Waals surface area contributed by atoms with Gasteiger partial charge in [-0.05, 0) is 107 Å². The maximum absolute atomic E-state index is 15.5. The largest absolute Gasteiger partial charge is 0.394 e. The molecule has 45 heteroatoms. The number of nitrogens with one attached hydrogen (secondary N) is 14. The number of guanidine groups is 2. The van der Waals surface area contributed by atoms with Gasteiger partial charge in [-0.1, -0.05) is 144 Å². The molecule has 1 saturated heterocycles. The predicted octanol–water partition coefficient (Wildman–Crippen LogP) is -1.09. The number of aliphatic hydroxyl groups is 1. The Morgan fingerprint density at radius 3 is 1.85 bits per heavy atom. The van der Waals surface area contributed by atoms with E-state index in [0.29, 0.717) is 34.9 Å². The minimum atomic E-state index is -3.96. The third kappa shape index (κ3) is 45.3. The third-order valence-corrected chi connectivity index (χ3v) is 22.8. The summed E-state index contributed by atoms with van der Waals surface area (Å²) in [6, 6.07) is 2.26. The molecule has 0 spiro atoms.